The van der Waals surface area contributed by atoms with Gasteiger partial charge in [0.15, 0.2) is 0 Å². The lowest BCUT2D eigenvalue weighted by Crippen LogP contribution is -2.54. The molecule has 98 valence electrons. The van der Waals surface area contributed by atoms with Gasteiger partial charge in [-0.15, -0.1) is 0 Å². The molecule has 0 aromatic heterocycles. The Balaban J connectivity index is 2.19. The molecule has 2 rings (SSSR count). The zero-order chi connectivity index (χ0) is 13.0. The SMILES string of the molecule is CCCC1(C(=O)N(C)c2ccccc2)CCCN1. The van der Waals surface area contributed by atoms with Crippen LogP contribution in [0, 0.1) is 0 Å². The summed E-state index contributed by atoms with van der Waals surface area (Å²) in [7, 11) is 1.87. The molecule has 1 fully saturated rings. The van der Waals surface area contributed by atoms with Crippen LogP contribution in [0.4, 0.5) is 5.69 Å². The summed E-state index contributed by atoms with van der Waals surface area (Å²) < 4.78 is 0. The van der Waals surface area contributed by atoms with E-state index < -0.39 is 0 Å². The topological polar surface area (TPSA) is 32.3 Å². The van der Waals surface area contributed by atoms with Gasteiger partial charge in [-0.05, 0) is 37.9 Å². The fraction of sp³-hybridized carbons (Fsp3) is 0.533. The molecule has 3 nitrogen and oxygen atoms in total. The minimum Gasteiger partial charge on any atom is -0.314 e. The van der Waals surface area contributed by atoms with Crippen molar-refractivity contribution in [2.45, 2.75) is 38.1 Å². The fourth-order valence-electron chi connectivity index (χ4n) is 2.83. The molecule has 1 heterocycles. The number of hydrogen-bond donors (Lipinski definition) is 1. The van der Waals surface area contributed by atoms with Gasteiger partial charge < -0.3 is 10.2 Å². The van der Waals surface area contributed by atoms with E-state index in [9.17, 15) is 4.79 Å². The van der Waals surface area contributed by atoms with Crippen molar-refractivity contribution in [1.82, 2.24) is 5.32 Å². The van der Waals surface area contributed by atoms with Crippen LogP contribution >= 0.6 is 0 Å². The van der Waals surface area contributed by atoms with Crippen molar-refractivity contribution in [2.24, 2.45) is 0 Å². The molecule has 1 aliphatic heterocycles. The third-order valence-corrected chi connectivity index (χ3v) is 3.78. The first-order chi connectivity index (χ1) is 8.69. The normalized spacial score (nSPS) is 23.0. The average molecular weight is 246 g/mol. The number of benzene rings is 1. The molecule has 1 unspecified atom stereocenters. The van der Waals surface area contributed by atoms with Crippen LogP contribution in [0.3, 0.4) is 0 Å². The van der Waals surface area contributed by atoms with E-state index in [0.29, 0.717) is 0 Å². The Labute approximate surface area is 109 Å². The van der Waals surface area contributed by atoms with Crippen LogP contribution in [0.25, 0.3) is 0 Å². The number of carbonyl (C=O) groups is 1. The summed E-state index contributed by atoms with van der Waals surface area (Å²) in [5, 5.41) is 3.43. The summed E-state index contributed by atoms with van der Waals surface area (Å²) in [6, 6.07) is 9.86. The molecule has 1 aromatic rings. The standard InChI is InChI=1S/C15H22N2O/c1-3-10-15(11-7-12-16-15)14(18)17(2)13-8-5-4-6-9-13/h4-6,8-9,16H,3,7,10-12H2,1-2H3. The Morgan fingerprint density at radius 3 is 2.67 bits per heavy atom. The lowest BCUT2D eigenvalue weighted by molar-refractivity contribution is -0.124. The lowest BCUT2D eigenvalue weighted by atomic mass is 9.90. The van der Waals surface area contributed by atoms with Crippen LogP contribution in [0.2, 0.25) is 0 Å². The first kappa shape index (κ1) is 13.1. The highest BCUT2D eigenvalue weighted by Crippen LogP contribution is 2.28. The van der Waals surface area contributed by atoms with Crippen LogP contribution in [0.1, 0.15) is 32.6 Å². The Morgan fingerprint density at radius 2 is 2.11 bits per heavy atom. The monoisotopic (exact) mass is 246 g/mol. The van der Waals surface area contributed by atoms with E-state index in [-0.39, 0.29) is 11.4 Å². The number of anilines is 1. The van der Waals surface area contributed by atoms with Gasteiger partial charge >= 0.3 is 0 Å². The molecule has 1 N–H and O–H groups in total. The van der Waals surface area contributed by atoms with Gasteiger partial charge in [0, 0.05) is 12.7 Å². The third kappa shape index (κ3) is 2.41. The molecular weight excluding hydrogens is 224 g/mol. The van der Waals surface area contributed by atoms with Crippen molar-refractivity contribution < 1.29 is 4.79 Å². The zero-order valence-electron chi connectivity index (χ0n) is 11.3. The molecule has 1 aromatic carbocycles. The van der Waals surface area contributed by atoms with Crippen LogP contribution in [0.5, 0.6) is 0 Å². The molecule has 3 heteroatoms. The van der Waals surface area contributed by atoms with Gasteiger partial charge in [0.05, 0.1) is 5.54 Å². The molecule has 1 aliphatic rings. The number of para-hydroxylation sites is 1. The van der Waals surface area contributed by atoms with Gasteiger partial charge in [0.25, 0.3) is 0 Å². The van der Waals surface area contributed by atoms with E-state index in [1.54, 1.807) is 4.90 Å². The molecule has 0 bridgehead atoms. The third-order valence-electron chi connectivity index (χ3n) is 3.78. The Bertz CT molecular complexity index is 396. The molecule has 1 atom stereocenters. The maximum atomic E-state index is 12.7. The summed E-state index contributed by atoms with van der Waals surface area (Å²) in [4.78, 5) is 14.5. The summed E-state index contributed by atoms with van der Waals surface area (Å²) in [5.41, 5.74) is 0.631. The van der Waals surface area contributed by atoms with Crippen molar-refractivity contribution in [3.8, 4) is 0 Å². The molecule has 0 saturated carbocycles. The van der Waals surface area contributed by atoms with Crippen molar-refractivity contribution in [1.29, 1.82) is 0 Å². The summed E-state index contributed by atoms with van der Waals surface area (Å²) in [6.45, 7) is 3.09. The van der Waals surface area contributed by atoms with E-state index >= 15 is 0 Å². The van der Waals surface area contributed by atoms with Gasteiger partial charge in [-0.25, -0.2) is 0 Å². The molecular formula is C15H22N2O. The van der Waals surface area contributed by atoms with E-state index in [1.165, 1.54) is 0 Å². The molecule has 1 amide bonds. The second-order valence-corrected chi connectivity index (χ2v) is 5.06. The maximum Gasteiger partial charge on any atom is 0.247 e. The molecule has 0 aliphatic carbocycles. The first-order valence-electron chi connectivity index (χ1n) is 6.78. The van der Waals surface area contributed by atoms with Crippen LogP contribution in [0.15, 0.2) is 30.3 Å². The van der Waals surface area contributed by atoms with Crippen LogP contribution in [-0.2, 0) is 4.79 Å². The van der Waals surface area contributed by atoms with Crippen molar-refractivity contribution in [3.63, 3.8) is 0 Å². The van der Waals surface area contributed by atoms with Crippen LogP contribution < -0.4 is 10.2 Å². The first-order valence-corrected chi connectivity index (χ1v) is 6.78. The van der Waals surface area contributed by atoms with E-state index in [0.717, 1.165) is 37.9 Å². The molecule has 0 spiro atoms. The Morgan fingerprint density at radius 1 is 1.39 bits per heavy atom. The van der Waals surface area contributed by atoms with E-state index in [4.69, 9.17) is 0 Å². The summed E-state index contributed by atoms with van der Waals surface area (Å²) >= 11 is 0. The highest BCUT2D eigenvalue weighted by atomic mass is 16.2. The predicted molar refractivity (Wildman–Crippen MR) is 74.7 cm³/mol. The molecule has 18 heavy (non-hydrogen) atoms. The predicted octanol–water partition coefficient (Wildman–Crippen LogP) is 2.57. The van der Waals surface area contributed by atoms with Crippen molar-refractivity contribution in [2.75, 3.05) is 18.5 Å². The zero-order valence-corrected chi connectivity index (χ0v) is 11.3. The Hall–Kier alpha value is -1.35. The largest absolute Gasteiger partial charge is 0.314 e. The van der Waals surface area contributed by atoms with Gasteiger partial charge in [0.1, 0.15) is 0 Å². The Kier molecular flexibility index (Phi) is 4.02. The minimum absolute atomic E-state index is 0.202. The number of nitrogens with zero attached hydrogens (tertiary/aromatic N) is 1. The summed E-state index contributed by atoms with van der Waals surface area (Å²) in [6.07, 6.45) is 4.00. The highest BCUT2D eigenvalue weighted by Gasteiger charge is 2.41. The van der Waals surface area contributed by atoms with E-state index in [1.807, 2.05) is 37.4 Å². The van der Waals surface area contributed by atoms with Crippen LogP contribution in [-0.4, -0.2) is 25.0 Å². The van der Waals surface area contributed by atoms with Gasteiger partial charge in [-0.2, -0.15) is 0 Å². The number of likely N-dealkylation sites (N-methyl/N-ethyl adjacent to an activating group) is 1. The molecule has 1 saturated heterocycles. The number of rotatable bonds is 4. The van der Waals surface area contributed by atoms with Crippen molar-refractivity contribution >= 4 is 11.6 Å². The highest BCUT2D eigenvalue weighted by molar-refractivity contribution is 6.00. The van der Waals surface area contributed by atoms with Gasteiger partial charge in [-0.3, -0.25) is 4.79 Å². The minimum atomic E-state index is -0.334. The van der Waals surface area contributed by atoms with E-state index in [2.05, 4.69) is 12.2 Å². The average Bonchev–Trinajstić information content (AvgIpc) is 2.88. The smallest absolute Gasteiger partial charge is 0.247 e. The van der Waals surface area contributed by atoms with Gasteiger partial charge in [0.2, 0.25) is 5.91 Å². The fourth-order valence-corrected chi connectivity index (χ4v) is 2.83. The van der Waals surface area contributed by atoms with Gasteiger partial charge in [-0.1, -0.05) is 31.5 Å². The summed E-state index contributed by atoms with van der Waals surface area (Å²) in [5.74, 6) is 0.202. The second kappa shape index (κ2) is 5.53. The quantitative estimate of drug-likeness (QED) is 0.885. The number of amides is 1. The lowest BCUT2D eigenvalue weighted by Gasteiger charge is -2.32. The molecule has 0 radical (unpaired) electrons. The second-order valence-electron chi connectivity index (χ2n) is 5.06. The number of carbonyl (C=O) groups excluding carboxylic acids is 1. The number of nitrogens with one attached hydrogen (secondary N) is 1. The van der Waals surface area contributed by atoms with Crippen molar-refractivity contribution in [3.05, 3.63) is 30.3 Å². The number of hydrogen-bond acceptors (Lipinski definition) is 2. The maximum absolute atomic E-state index is 12.7.